The zero-order valence-electron chi connectivity index (χ0n) is 10.5. The molecule has 1 aliphatic rings. The van der Waals surface area contributed by atoms with E-state index in [1.165, 1.54) is 11.3 Å². The van der Waals surface area contributed by atoms with Crippen molar-refractivity contribution >= 4 is 28.2 Å². The number of aliphatic hydroxyl groups is 1. The van der Waals surface area contributed by atoms with E-state index in [1.807, 2.05) is 4.90 Å². The molecule has 1 aromatic rings. The topological polar surface area (TPSA) is 95.7 Å². The van der Waals surface area contributed by atoms with E-state index in [9.17, 15) is 9.59 Å². The minimum absolute atomic E-state index is 0.162. The van der Waals surface area contributed by atoms with Crippen LogP contribution in [0.2, 0.25) is 0 Å². The van der Waals surface area contributed by atoms with Crippen LogP contribution in [0.4, 0.5) is 5.00 Å². The standard InChI is InChI=1S/C12H17N3O3S/c13-11(18)9-2-4-19-12(9)14-10(17)6-15-3-1-8(5-15)7-16/h2,4,8,16H,1,3,5-7H2,(H2,13,18)(H,14,17). The summed E-state index contributed by atoms with van der Waals surface area (Å²) in [7, 11) is 0. The van der Waals surface area contributed by atoms with Gasteiger partial charge in [0.2, 0.25) is 5.91 Å². The highest BCUT2D eigenvalue weighted by molar-refractivity contribution is 7.14. The SMILES string of the molecule is NC(=O)c1ccsc1NC(=O)CN1CCC(CO)C1. The molecule has 4 N–H and O–H groups in total. The van der Waals surface area contributed by atoms with Gasteiger partial charge < -0.3 is 16.2 Å². The molecule has 2 rings (SSSR count). The first kappa shape index (κ1) is 14.0. The maximum atomic E-state index is 11.9. The zero-order chi connectivity index (χ0) is 13.8. The second-order valence-corrected chi connectivity index (χ2v) is 5.56. The third kappa shape index (κ3) is 3.52. The van der Waals surface area contributed by atoms with Gasteiger partial charge in [0.25, 0.3) is 5.91 Å². The van der Waals surface area contributed by atoms with Crippen molar-refractivity contribution in [3.05, 3.63) is 17.0 Å². The Morgan fingerprint density at radius 2 is 2.37 bits per heavy atom. The Hall–Kier alpha value is -1.44. The number of rotatable bonds is 5. The Labute approximate surface area is 115 Å². The quantitative estimate of drug-likeness (QED) is 0.714. The van der Waals surface area contributed by atoms with Crippen molar-refractivity contribution in [2.45, 2.75) is 6.42 Å². The number of aliphatic hydroxyl groups excluding tert-OH is 1. The summed E-state index contributed by atoms with van der Waals surface area (Å²) >= 11 is 1.28. The van der Waals surface area contributed by atoms with Crippen LogP contribution < -0.4 is 11.1 Å². The molecule has 2 heterocycles. The fraction of sp³-hybridized carbons (Fsp3) is 0.500. The van der Waals surface area contributed by atoms with Gasteiger partial charge in [0.05, 0.1) is 12.1 Å². The highest BCUT2D eigenvalue weighted by Gasteiger charge is 2.23. The predicted molar refractivity (Wildman–Crippen MR) is 73.1 cm³/mol. The van der Waals surface area contributed by atoms with Crippen molar-refractivity contribution in [3.8, 4) is 0 Å². The monoisotopic (exact) mass is 283 g/mol. The van der Waals surface area contributed by atoms with Crippen molar-refractivity contribution in [2.75, 3.05) is 31.6 Å². The zero-order valence-corrected chi connectivity index (χ0v) is 11.3. The maximum absolute atomic E-state index is 11.9. The van der Waals surface area contributed by atoms with Gasteiger partial charge in [0.15, 0.2) is 0 Å². The molecule has 6 nitrogen and oxygen atoms in total. The molecule has 0 bridgehead atoms. The first-order chi connectivity index (χ1) is 9.10. The minimum atomic E-state index is -0.543. The summed E-state index contributed by atoms with van der Waals surface area (Å²) in [5.41, 5.74) is 5.55. The summed E-state index contributed by atoms with van der Waals surface area (Å²) in [4.78, 5) is 25.0. The number of thiophene rings is 1. The minimum Gasteiger partial charge on any atom is -0.396 e. The third-order valence-corrected chi connectivity index (χ3v) is 4.01. The summed E-state index contributed by atoms with van der Waals surface area (Å²) in [5, 5.41) is 14.0. The molecule has 1 atom stereocenters. The lowest BCUT2D eigenvalue weighted by atomic mass is 10.1. The average molecular weight is 283 g/mol. The normalized spacial score (nSPS) is 19.5. The van der Waals surface area contributed by atoms with Gasteiger partial charge in [-0.3, -0.25) is 14.5 Å². The van der Waals surface area contributed by atoms with Crippen molar-refractivity contribution < 1.29 is 14.7 Å². The van der Waals surface area contributed by atoms with Crippen LogP contribution in [0.3, 0.4) is 0 Å². The maximum Gasteiger partial charge on any atom is 0.251 e. The number of nitrogens with one attached hydrogen (secondary N) is 1. The molecule has 104 valence electrons. The molecule has 19 heavy (non-hydrogen) atoms. The Morgan fingerprint density at radius 3 is 3.00 bits per heavy atom. The number of nitrogens with zero attached hydrogens (tertiary/aromatic N) is 1. The van der Waals surface area contributed by atoms with E-state index in [0.29, 0.717) is 10.6 Å². The molecule has 0 aromatic carbocycles. The second-order valence-electron chi connectivity index (χ2n) is 4.65. The van der Waals surface area contributed by atoms with Gasteiger partial charge in [-0.1, -0.05) is 0 Å². The third-order valence-electron chi connectivity index (χ3n) is 3.18. The van der Waals surface area contributed by atoms with Crippen molar-refractivity contribution in [3.63, 3.8) is 0 Å². The van der Waals surface area contributed by atoms with Crippen LogP contribution in [0, 0.1) is 5.92 Å². The van der Waals surface area contributed by atoms with Gasteiger partial charge in [-0.15, -0.1) is 11.3 Å². The average Bonchev–Trinajstić information content (AvgIpc) is 2.97. The summed E-state index contributed by atoms with van der Waals surface area (Å²) < 4.78 is 0. The molecular formula is C12H17N3O3S. The smallest absolute Gasteiger partial charge is 0.251 e. The Morgan fingerprint density at radius 1 is 1.58 bits per heavy atom. The molecule has 0 aliphatic carbocycles. The predicted octanol–water partition coefficient (Wildman–Crippen LogP) is 0.0997. The number of primary amides is 1. The second kappa shape index (κ2) is 6.14. The van der Waals surface area contributed by atoms with E-state index in [4.69, 9.17) is 10.8 Å². The summed E-state index contributed by atoms with van der Waals surface area (Å²) in [6.07, 6.45) is 0.912. The van der Waals surface area contributed by atoms with Gasteiger partial charge in [0.1, 0.15) is 5.00 Å². The van der Waals surface area contributed by atoms with Gasteiger partial charge in [-0.2, -0.15) is 0 Å². The Bertz CT molecular complexity index is 475. The van der Waals surface area contributed by atoms with Gasteiger partial charge in [-0.05, 0) is 30.3 Å². The molecule has 0 spiro atoms. The fourth-order valence-corrected chi connectivity index (χ4v) is 2.98. The van der Waals surface area contributed by atoms with Crippen molar-refractivity contribution in [1.29, 1.82) is 0 Å². The van der Waals surface area contributed by atoms with E-state index < -0.39 is 5.91 Å². The highest BCUT2D eigenvalue weighted by atomic mass is 32.1. The van der Waals surface area contributed by atoms with E-state index in [2.05, 4.69) is 5.32 Å². The molecule has 1 aliphatic heterocycles. The molecule has 2 amide bonds. The number of carbonyl (C=O) groups is 2. The van der Waals surface area contributed by atoms with E-state index in [0.717, 1.165) is 19.5 Å². The van der Waals surface area contributed by atoms with Crippen molar-refractivity contribution in [1.82, 2.24) is 4.90 Å². The number of anilines is 1. The first-order valence-electron chi connectivity index (χ1n) is 6.10. The lowest BCUT2D eigenvalue weighted by molar-refractivity contribution is -0.117. The molecule has 7 heteroatoms. The van der Waals surface area contributed by atoms with Crippen LogP contribution in [0.5, 0.6) is 0 Å². The molecule has 1 unspecified atom stereocenters. The fourth-order valence-electron chi connectivity index (χ4n) is 2.17. The molecule has 0 radical (unpaired) electrons. The number of nitrogens with two attached hydrogens (primary N) is 1. The van der Waals surface area contributed by atoms with E-state index in [-0.39, 0.29) is 25.0 Å². The summed E-state index contributed by atoms with van der Waals surface area (Å²) in [6.45, 7) is 1.98. The number of carbonyl (C=O) groups excluding carboxylic acids is 2. The van der Waals surface area contributed by atoms with Crippen LogP contribution in [-0.4, -0.2) is 48.1 Å². The van der Waals surface area contributed by atoms with Crippen LogP contribution >= 0.6 is 11.3 Å². The molecule has 0 saturated carbocycles. The van der Waals surface area contributed by atoms with Crippen LogP contribution in [0.15, 0.2) is 11.4 Å². The van der Waals surface area contributed by atoms with E-state index in [1.54, 1.807) is 11.4 Å². The van der Waals surface area contributed by atoms with Crippen molar-refractivity contribution in [2.24, 2.45) is 11.7 Å². The number of amides is 2. The lowest BCUT2D eigenvalue weighted by Gasteiger charge is -2.14. The molecule has 1 fully saturated rings. The van der Waals surface area contributed by atoms with Gasteiger partial charge >= 0.3 is 0 Å². The molecule has 1 aromatic heterocycles. The largest absolute Gasteiger partial charge is 0.396 e. The summed E-state index contributed by atoms with van der Waals surface area (Å²) in [6, 6.07) is 1.60. The van der Waals surface area contributed by atoms with Crippen LogP contribution in [0.25, 0.3) is 0 Å². The molecule has 1 saturated heterocycles. The Kier molecular flexibility index (Phi) is 4.52. The van der Waals surface area contributed by atoms with Crippen LogP contribution in [-0.2, 0) is 4.79 Å². The van der Waals surface area contributed by atoms with Gasteiger partial charge in [-0.25, -0.2) is 0 Å². The van der Waals surface area contributed by atoms with Crippen LogP contribution in [0.1, 0.15) is 16.8 Å². The van der Waals surface area contributed by atoms with Gasteiger partial charge in [0, 0.05) is 13.2 Å². The number of hydrogen-bond acceptors (Lipinski definition) is 5. The van der Waals surface area contributed by atoms with E-state index >= 15 is 0 Å². The number of likely N-dealkylation sites (tertiary alicyclic amines) is 1. The molecular weight excluding hydrogens is 266 g/mol. The first-order valence-corrected chi connectivity index (χ1v) is 6.98. The number of hydrogen-bond donors (Lipinski definition) is 3. The Balaban J connectivity index is 1.88. The lowest BCUT2D eigenvalue weighted by Crippen LogP contribution is -2.32. The highest BCUT2D eigenvalue weighted by Crippen LogP contribution is 2.23. The summed E-state index contributed by atoms with van der Waals surface area (Å²) in [5.74, 6) is -0.447.